The van der Waals surface area contributed by atoms with E-state index >= 15 is 0 Å². The number of Topliss-reactive ketones (excluding diaryl/α,β-unsaturated/α-hetero) is 1. The van der Waals surface area contributed by atoms with Gasteiger partial charge in [-0.3, -0.25) is 4.79 Å². The molecule has 0 aromatic heterocycles. The molecular weight excluding hydrogens is 209 g/mol. The molecule has 0 aliphatic rings. The molecule has 0 aliphatic heterocycles. The molecule has 4 heteroatoms. The molecule has 0 bridgehead atoms. The van der Waals surface area contributed by atoms with Gasteiger partial charge in [-0.15, -0.1) is 0 Å². The van der Waals surface area contributed by atoms with E-state index in [4.69, 9.17) is 4.74 Å². The third kappa shape index (κ3) is 3.03. The highest BCUT2D eigenvalue weighted by atomic mass is 19.1. The molecule has 16 heavy (non-hydrogen) atoms. The molecule has 88 valence electrons. The summed E-state index contributed by atoms with van der Waals surface area (Å²) < 4.78 is 18.5. The molecule has 3 nitrogen and oxygen atoms in total. The molecule has 0 N–H and O–H groups in total. The van der Waals surface area contributed by atoms with Gasteiger partial charge in [-0.05, 0) is 26.2 Å². The van der Waals surface area contributed by atoms with Crippen LogP contribution in [0.1, 0.15) is 16.8 Å². The normalized spacial score (nSPS) is 10.6. The fourth-order valence-corrected chi connectivity index (χ4v) is 1.34. The number of rotatable bonds is 5. The van der Waals surface area contributed by atoms with E-state index < -0.39 is 5.82 Å². The van der Waals surface area contributed by atoms with E-state index in [1.807, 2.05) is 19.0 Å². The molecule has 1 aromatic carbocycles. The van der Waals surface area contributed by atoms with E-state index in [2.05, 4.69) is 0 Å². The van der Waals surface area contributed by atoms with Gasteiger partial charge in [-0.1, -0.05) is 6.07 Å². The number of hydrogen-bond donors (Lipinski definition) is 0. The maximum Gasteiger partial charge on any atom is 0.175 e. The third-order valence-corrected chi connectivity index (χ3v) is 2.27. The Morgan fingerprint density at radius 2 is 2.12 bits per heavy atom. The van der Waals surface area contributed by atoms with Gasteiger partial charge in [-0.2, -0.15) is 0 Å². The van der Waals surface area contributed by atoms with Gasteiger partial charge >= 0.3 is 0 Å². The van der Waals surface area contributed by atoms with Crippen LogP contribution in [-0.2, 0) is 0 Å². The summed E-state index contributed by atoms with van der Waals surface area (Å²) >= 11 is 0. The van der Waals surface area contributed by atoms with Crippen molar-refractivity contribution < 1.29 is 13.9 Å². The zero-order valence-corrected chi connectivity index (χ0v) is 9.79. The summed E-state index contributed by atoms with van der Waals surface area (Å²) in [6, 6.07) is 4.60. The molecule has 0 amide bonds. The molecular formula is C12H16FNO2. The summed E-state index contributed by atoms with van der Waals surface area (Å²) in [6.45, 7) is 0.607. The number of ether oxygens (including phenoxy) is 1. The number of benzene rings is 1. The first-order valence-electron chi connectivity index (χ1n) is 5.06. The second-order valence-electron chi connectivity index (χ2n) is 3.80. The van der Waals surface area contributed by atoms with Crippen LogP contribution < -0.4 is 4.74 Å². The molecule has 0 atom stereocenters. The SMILES string of the molecule is COc1cccc(C(=O)CCN(C)C)c1F. The number of nitrogens with zero attached hydrogens (tertiary/aromatic N) is 1. The fraction of sp³-hybridized carbons (Fsp3) is 0.417. The zero-order chi connectivity index (χ0) is 12.1. The quantitative estimate of drug-likeness (QED) is 0.717. The van der Waals surface area contributed by atoms with Crippen molar-refractivity contribution in [1.82, 2.24) is 4.90 Å². The Balaban J connectivity index is 2.83. The highest BCUT2D eigenvalue weighted by Crippen LogP contribution is 2.20. The summed E-state index contributed by atoms with van der Waals surface area (Å²) in [4.78, 5) is 13.6. The average Bonchev–Trinajstić information content (AvgIpc) is 2.26. The van der Waals surface area contributed by atoms with Crippen molar-refractivity contribution in [2.45, 2.75) is 6.42 Å². The third-order valence-electron chi connectivity index (χ3n) is 2.27. The molecule has 0 saturated heterocycles. The first-order chi connectivity index (χ1) is 7.56. The van der Waals surface area contributed by atoms with Gasteiger partial charge < -0.3 is 9.64 Å². The lowest BCUT2D eigenvalue weighted by atomic mass is 10.1. The summed E-state index contributed by atoms with van der Waals surface area (Å²) in [6.07, 6.45) is 0.303. The van der Waals surface area contributed by atoms with Crippen LogP contribution in [0.2, 0.25) is 0 Å². The monoisotopic (exact) mass is 225 g/mol. The van der Waals surface area contributed by atoms with Crippen LogP contribution in [0.15, 0.2) is 18.2 Å². The Kier molecular flexibility index (Phi) is 4.43. The second-order valence-corrected chi connectivity index (χ2v) is 3.80. The van der Waals surface area contributed by atoms with Gasteiger partial charge in [-0.25, -0.2) is 4.39 Å². The molecule has 0 unspecified atom stereocenters. The first-order valence-corrected chi connectivity index (χ1v) is 5.06. The molecule has 0 spiro atoms. The first kappa shape index (κ1) is 12.6. The van der Waals surface area contributed by atoms with Gasteiger partial charge in [0.15, 0.2) is 17.3 Å². The van der Waals surface area contributed by atoms with Crippen LogP contribution in [0.3, 0.4) is 0 Å². The topological polar surface area (TPSA) is 29.5 Å². The van der Waals surface area contributed by atoms with Crippen LogP contribution in [0, 0.1) is 5.82 Å². The minimum absolute atomic E-state index is 0.0983. The highest BCUT2D eigenvalue weighted by Gasteiger charge is 2.15. The minimum atomic E-state index is -0.575. The molecule has 0 fully saturated rings. The molecule has 1 aromatic rings. The van der Waals surface area contributed by atoms with E-state index in [1.165, 1.54) is 19.2 Å². The van der Waals surface area contributed by atoms with Crippen LogP contribution >= 0.6 is 0 Å². The number of methoxy groups -OCH3 is 1. The molecule has 0 aliphatic carbocycles. The van der Waals surface area contributed by atoms with Crippen LogP contribution in [0.5, 0.6) is 5.75 Å². The van der Waals surface area contributed by atoms with E-state index in [9.17, 15) is 9.18 Å². The smallest absolute Gasteiger partial charge is 0.175 e. The van der Waals surface area contributed by atoms with Crippen molar-refractivity contribution in [1.29, 1.82) is 0 Å². The fourth-order valence-electron chi connectivity index (χ4n) is 1.34. The predicted molar refractivity (Wildman–Crippen MR) is 60.5 cm³/mol. The van der Waals surface area contributed by atoms with E-state index in [0.717, 1.165) is 0 Å². The molecule has 1 rings (SSSR count). The Labute approximate surface area is 94.8 Å². The number of carbonyl (C=O) groups is 1. The van der Waals surface area contributed by atoms with Crippen LogP contribution in [0.4, 0.5) is 4.39 Å². The summed E-state index contributed by atoms with van der Waals surface area (Å²) in [5, 5.41) is 0. The van der Waals surface area contributed by atoms with Crippen molar-refractivity contribution >= 4 is 5.78 Å². The van der Waals surface area contributed by atoms with E-state index in [-0.39, 0.29) is 17.1 Å². The van der Waals surface area contributed by atoms with Crippen LogP contribution in [0.25, 0.3) is 0 Å². The van der Waals surface area contributed by atoms with Crippen molar-refractivity contribution in [3.05, 3.63) is 29.6 Å². The standard InChI is InChI=1S/C12H16FNO2/c1-14(2)8-7-10(15)9-5-4-6-11(16-3)12(9)13/h4-6H,7-8H2,1-3H3. The summed E-state index contributed by atoms with van der Waals surface area (Å²) in [5.41, 5.74) is 0.0983. The Bertz CT molecular complexity index is 377. The van der Waals surface area contributed by atoms with E-state index in [1.54, 1.807) is 6.07 Å². The lowest BCUT2D eigenvalue weighted by Gasteiger charge is -2.09. The van der Waals surface area contributed by atoms with Gasteiger partial charge in [0, 0.05) is 13.0 Å². The maximum atomic E-state index is 13.7. The Morgan fingerprint density at radius 1 is 1.44 bits per heavy atom. The number of halogens is 1. The molecule has 0 heterocycles. The summed E-state index contributed by atoms with van der Waals surface area (Å²) in [5.74, 6) is -0.672. The number of carbonyl (C=O) groups excluding carboxylic acids is 1. The average molecular weight is 225 g/mol. The lowest BCUT2D eigenvalue weighted by Crippen LogP contribution is -2.17. The zero-order valence-electron chi connectivity index (χ0n) is 9.79. The lowest BCUT2D eigenvalue weighted by molar-refractivity contribution is 0.0968. The minimum Gasteiger partial charge on any atom is -0.494 e. The maximum absolute atomic E-state index is 13.7. The summed E-state index contributed by atoms with van der Waals surface area (Å²) in [7, 11) is 5.12. The van der Waals surface area contributed by atoms with Crippen molar-refractivity contribution in [2.75, 3.05) is 27.7 Å². The van der Waals surface area contributed by atoms with Crippen LogP contribution in [-0.4, -0.2) is 38.4 Å². The van der Waals surface area contributed by atoms with Gasteiger partial charge in [0.1, 0.15) is 0 Å². The Hall–Kier alpha value is -1.42. The van der Waals surface area contributed by atoms with Gasteiger partial charge in [0.2, 0.25) is 0 Å². The Morgan fingerprint density at radius 3 is 2.69 bits per heavy atom. The predicted octanol–water partition coefficient (Wildman–Crippen LogP) is 1.97. The molecule has 0 saturated carbocycles. The van der Waals surface area contributed by atoms with Crippen molar-refractivity contribution in [3.63, 3.8) is 0 Å². The highest BCUT2D eigenvalue weighted by molar-refractivity contribution is 5.96. The molecule has 0 radical (unpaired) electrons. The second kappa shape index (κ2) is 5.61. The van der Waals surface area contributed by atoms with Crippen molar-refractivity contribution in [3.8, 4) is 5.75 Å². The van der Waals surface area contributed by atoms with Gasteiger partial charge in [0.05, 0.1) is 12.7 Å². The number of ketones is 1. The van der Waals surface area contributed by atoms with Gasteiger partial charge in [0.25, 0.3) is 0 Å². The van der Waals surface area contributed by atoms with E-state index in [0.29, 0.717) is 13.0 Å². The largest absolute Gasteiger partial charge is 0.494 e. The van der Waals surface area contributed by atoms with Crippen molar-refractivity contribution in [2.24, 2.45) is 0 Å². The number of hydrogen-bond acceptors (Lipinski definition) is 3.